The molecule has 0 aliphatic heterocycles. The van der Waals surface area contributed by atoms with E-state index in [0.29, 0.717) is 6.04 Å². The van der Waals surface area contributed by atoms with Crippen LogP contribution in [-0.2, 0) is 0 Å². The van der Waals surface area contributed by atoms with Gasteiger partial charge in [-0.05, 0) is 84.6 Å². The lowest BCUT2D eigenvalue weighted by Gasteiger charge is -2.29. The van der Waals surface area contributed by atoms with Crippen LogP contribution >= 0.6 is 15.9 Å². The molecule has 2 aliphatic rings. The third kappa shape index (κ3) is 3.14. The van der Waals surface area contributed by atoms with Gasteiger partial charge in [0.2, 0.25) is 0 Å². The Morgan fingerprint density at radius 1 is 1.33 bits per heavy atom. The van der Waals surface area contributed by atoms with E-state index in [4.69, 9.17) is 0 Å². The summed E-state index contributed by atoms with van der Waals surface area (Å²) in [5, 5.41) is 3.30. The summed E-state index contributed by atoms with van der Waals surface area (Å²) in [6.07, 6.45) is 5.92. The number of halogens is 1. The molecule has 3 heteroatoms. The van der Waals surface area contributed by atoms with Crippen molar-refractivity contribution >= 4 is 21.6 Å². The molecule has 0 aromatic heterocycles. The number of nitrogens with one attached hydrogen (secondary N) is 1. The maximum Gasteiger partial charge on any atom is 0.0508 e. The normalized spacial score (nSPS) is 28.9. The summed E-state index contributed by atoms with van der Waals surface area (Å²) in [5.74, 6) is 2.95. The molecule has 0 radical (unpaired) electrons. The molecule has 0 spiro atoms. The number of hydrogen-bond acceptors (Lipinski definition) is 2. The fourth-order valence-corrected chi connectivity index (χ4v) is 5.02. The van der Waals surface area contributed by atoms with Gasteiger partial charge < -0.3 is 10.2 Å². The summed E-state index contributed by atoms with van der Waals surface area (Å²) in [6, 6.07) is 7.17. The van der Waals surface area contributed by atoms with Crippen molar-refractivity contribution in [2.24, 2.45) is 17.8 Å². The number of nitrogens with zero attached hydrogens (tertiary/aromatic N) is 1. The Bertz CT molecular complexity index is 502. The third-order valence-electron chi connectivity index (χ3n) is 5.71. The van der Waals surface area contributed by atoms with Crippen molar-refractivity contribution < 1.29 is 0 Å². The van der Waals surface area contributed by atoms with Gasteiger partial charge in [0, 0.05) is 24.1 Å². The van der Waals surface area contributed by atoms with Gasteiger partial charge in [0.1, 0.15) is 0 Å². The second-order valence-corrected chi connectivity index (χ2v) is 7.89. The van der Waals surface area contributed by atoms with Crippen LogP contribution in [-0.4, -0.2) is 20.6 Å². The van der Waals surface area contributed by atoms with E-state index >= 15 is 0 Å². The topological polar surface area (TPSA) is 15.3 Å². The molecule has 1 aromatic rings. The molecular weight excluding hydrogens is 324 g/mol. The first kappa shape index (κ1) is 15.4. The maximum atomic E-state index is 3.77. The predicted molar refractivity (Wildman–Crippen MR) is 93.8 cm³/mol. The maximum absolute atomic E-state index is 3.77. The summed E-state index contributed by atoms with van der Waals surface area (Å²) in [4.78, 5) is 2.45. The highest BCUT2D eigenvalue weighted by Gasteiger charge is 2.39. The number of hydrogen-bond donors (Lipinski definition) is 1. The van der Waals surface area contributed by atoms with Gasteiger partial charge >= 0.3 is 0 Å². The molecule has 21 heavy (non-hydrogen) atoms. The SMILES string of the molecule is CNC(C)c1ccc(N(C)CC2CC3CCC2C3)c(Br)c1. The van der Waals surface area contributed by atoms with Gasteiger partial charge in [0.15, 0.2) is 0 Å². The van der Waals surface area contributed by atoms with Crippen LogP contribution in [0.4, 0.5) is 5.69 Å². The van der Waals surface area contributed by atoms with E-state index < -0.39 is 0 Å². The first-order chi connectivity index (χ1) is 10.1. The molecule has 2 nitrogen and oxygen atoms in total. The standard InChI is InChI=1S/C18H27BrN2/c1-12(20-2)14-6-7-18(17(19)10-14)21(3)11-16-9-13-4-5-15(16)8-13/h6-7,10,12-13,15-16,20H,4-5,8-9,11H2,1-3H3. The molecule has 2 bridgehead atoms. The first-order valence-corrected chi connectivity index (χ1v) is 9.05. The van der Waals surface area contributed by atoms with Gasteiger partial charge in [-0.2, -0.15) is 0 Å². The molecule has 0 amide bonds. The van der Waals surface area contributed by atoms with Crippen LogP contribution in [0.25, 0.3) is 0 Å². The average Bonchev–Trinajstić information content (AvgIpc) is 3.08. The molecule has 1 aromatic carbocycles. The van der Waals surface area contributed by atoms with Crippen LogP contribution in [0.1, 0.15) is 44.2 Å². The molecule has 4 unspecified atom stereocenters. The largest absolute Gasteiger partial charge is 0.373 e. The van der Waals surface area contributed by atoms with E-state index in [1.807, 2.05) is 7.05 Å². The van der Waals surface area contributed by atoms with Crippen molar-refractivity contribution in [1.29, 1.82) is 0 Å². The quantitative estimate of drug-likeness (QED) is 0.834. The zero-order valence-electron chi connectivity index (χ0n) is 13.4. The Labute approximate surface area is 137 Å². The van der Waals surface area contributed by atoms with Crippen molar-refractivity contribution in [3.8, 4) is 0 Å². The fourth-order valence-electron chi connectivity index (χ4n) is 4.32. The van der Waals surface area contributed by atoms with Gasteiger partial charge in [-0.15, -0.1) is 0 Å². The monoisotopic (exact) mass is 350 g/mol. The van der Waals surface area contributed by atoms with Crippen LogP contribution in [0.2, 0.25) is 0 Å². The van der Waals surface area contributed by atoms with Gasteiger partial charge in [-0.25, -0.2) is 0 Å². The summed E-state index contributed by atoms with van der Waals surface area (Å²) < 4.78 is 1.22. The number of benzene rings is 1. The van der Waals surface area contributed by atoms with E-state index in [9.17, 15) is 0 Å². The Hall–Kier alpha value is -0.540. The molecule has 3 rings (SSSR count). The average molecular weight is 351 g/mol. The lowest BCUT2D eigenvalue weighted by atomic mass is 9.88. The predicted octanol–water partition coefficient (Wildman–Crippen LogP) is 4.60. The summed E-state index contributed by atoms with van der Waals surface area (Å²) in [5.41, 5.74) is 2.66. The highest BCUT2D eigenvalue weighted by Crippen LogP contribution is 2.48. The van der Waals surface area contributed by atoms with Gasteiger partial charge in [-0.3, -0.25) is 0 Å². The van der Waals surface area contributed by atoms with Crippen molar-refractivity contribution in [2.75, 3.05) is 25.5 Å². The van der Waals surface area contributed by atoms with Crippen molar-refractivity contribution in [1.82, 2.24) is 5.32 Å². The van der Waals surface area contributed by atoms with Gasteiger partial charge in [0.25, 0.3) is 0 Å². The van der Waals surface area contributed by atoms with Crippen LogP contribution in [0.15, 0.2) is 22.7 Å². The summed E-state index contributed by atoms with van der Waals surface area (Å²) in [7, 11) is 4.25. The van der Waals surface area contributed by atoms with E-state index in [2.05, 4.69) is 58.3 Å². The zero-order chi connectivity index (χ0) is 15.0. The smallest absolute Gasteiger partial charge is 0.0508 e. The second kappa shape index (κ2) is 6.29. The van der Waals surface area contributed by atoms with Crippen molar-refractivity contribution in [3.05, 3.63) is 28.2 Å². The molecule has 4 atom stereocenters. The third-order valence-corrected chi connectivity index (χ3v) is 6.34. The molecule has 1 N–H and O–H groups in total. The number of rotatable bonds is 5. The highest BCUT2D eigenvalue weighted by molar-refractivity contribution is 9.10. The van der Waals surface area contributed by atoms with Crippen molar-refractivity contribution in [3.63, 3.8) is 0 Å². The molecule has 2 saturated carbocycles. The van der Waals surface area contributed by atoms with Gasteiger partial charge in [0.05, 0.1) is 5.69 Å². The number of fused-ring (bicyclic) bond motifs is 2. The summed E-state index contributed by atoms with van der Waals surface area (Å²) >= 11 is 3.77. The molecule has 0 saturated heterocycles. The lowest BCUT2D eigenvalue weighted by Crippen LogP contribution is -2.28. The minimum Gasteiger partial charge on any atom is -0.373 e. The second-order valence-electron chi connectivity index (χ2n) is 7.04. The van der Waals surface area contributed by atoms with Crippen LogP contribution in [0, 0.1) is 17.8 Å². The van der Waals surface area contributed by atoms with Crippen molar-refractivity contribution in [2.45, 2.75) is 38.6 Å². The molecule has 0 heterocycles. The molecule has 2 aliphatic carbocycles. The Morgan fingerprint density at radius 3 is 2.71 bits per heavy atom. The number of anilines is 1. The lowest BCUT2D eigenvalue weighted by molar-refractivity contribution is 0.337. The van der Waals surface area contributed by atoms with E-state index in [1.54, 1.807) is 0 Å². The van der Waals surface area contributed by atoms with Gasteiger partial charge in [-0.1, -0.05) is 12.5 Å². The van der Waals surface area contributed by atoms with E-state index in [1.165, 1.54) is 48.0 Å². The first-order valence-electron chi connectivity index (χ1n) is 8.26. The minimum absolute atomic E-state index is 0.395. The zero-order valence-corrected chi connectivity index (χ0v) is 15.0. The van der Waals surface area contributed by atoms with Crippen LogP contribution in [0.3, 0.4) is 0 Å². The van der Waals surface area contributed by atoms with E-state index in [-0.39, 0.29) is 0 Å². The molecule has 2 fully saturated rings. The molecule has 116 valence electrons. The minimum atomic E-state index is 0.395. The van der Waals surface area contributed by atoms with Crippen LogP contribution in [0.5, 0.6) is 0 Å². The van der Waals surface area contributed by atoms with E-state index in [0.717, 1.165) is 17.8 Å². The Balaban J connectivity index is 1.68. The molecular formula is C18H27BrN2. The Kier molecular flexibility index (Phi) is 4.60. The Morgan fingerprint density at radius 2 is 2.14 bits per heavy atom. The fraction of sp³-hybridized carbons (Fsp3) is 0.667. The summed E-state index contributed by atoms with van der Waals surface area (Å²) in [6.45, 7) is 3.40. The van der Waals surface area contributed by atoms with Crippen LogP contribution < -0.4 is 10.2 Å². The highest BCUT2D eigenvalue weighted by atomic mass is 79.9.